The molecule has 5 nitrogen and oxygen atoms in total. The summed E-state index contributed by atoms with van der Waals surface area (Å²) in [5.74, 6) is 0. The van der Waals surface area contributed by atoms with Crippen LogP contribution in [0.25, 0.3) is 0 Å². The SMILES string of the molecule is CC(C)(O)C(C)(C)NCc1ccc([N+](=O)[O-])cc1Br. The number of nitro benzene ring substituents is 1. The Morgan fingerprint density at radius 2 is 1.95 bits per heavy atom. The van der Waals surface area contributed by atoms with Crippen LogP contribution >= 0.6 is 15.9 Å². The predicted molar refractivity (Wildman–Crippen MR) is 78.0 cm³/mol. The summed E-state index contributed by atoms with van der Waals surface area (Å²) in [6.45, 7) is 7.81. The summed E-state index contributed by atoms with van der Waals surface area (Å²) in [4.78, 5) is 10.2. The first-order valence-corrected chi connectivity index (χ1v) is 6.74. The number of rotatable bonds is 5. The fraction of sp³-hybridized carbons (Fsp3) is 0.538. The van der Waals surface area contributed by atoms with Crippen molar-refractivity contribution in [2.75, 3.05) is 0 Å². The quantitative estimate of drug-likeness (QED) is 0.642. The van der Waals surface area contributed by atoms with Gasteiger partial charge in [-0.1, -0.05) is 15.9 Å². The first-order chi connectivity index (χ1) is 8.54. The van der Waals surface area contributed by atoms with Crippen LogP contribution in [0.15, 0.2) is 22.7 Å². The number of halogens is 1. The van der Waals surface area contributed by atoms with Crippen LogP contribution in [0.1, 0.15) is 33.3 Å². The van der Waals surface area contributed by atoms with Crippen molar-refractivity contribution in [2.45, 2.75) is 45.4 Å². The maximum absolute atomic E-state index is 10.6. The molecule has 106 valence electrons. The van der Waals surface area contributed by atoms with E-state index in [0.717, 1.165) is 5.56 Å². The minimum absolute atomic E-state index is 0.0531. The van der Waals surface area contributed by atoms with Gasteiger partial charge >= 0.3 is 0 Å². The summed E-state index contributed by atoms with van der Waals surface area (Å²) in [6, 6.07) is 4.66. The molecule has 0 radical (unpaired) electrons. The van der Waals surface area contributed by atoms with E-state index in [1.807, 2.05) is 13.8 Å². The zero-order chi connectivity index (χ0) is 14.8. The molecule has 0 amide bonds. The molecule has 0 unspecified atom stereocenters. The summed E-state index contributed by atoms with van der Waals surface area (Å²) in [5, 5.41) is 24.0. The highest BCUT2D eigenvalue weighted by atomic mass is 79.9. The van der Waals surface area contributed by atoms with Crippen LogP contribution in [0.4, 0.5) is 5.69 Å². The smallest absolute Gasteiger partial charge is 0.270 e. The molecule has 0 spiro atoms. The summed E-state index contributed by atoms with van der Waals surface area (Å²) in [7, 11) is 0. The lowest BCUT2D eigenvalue weighted by molar-refractivity contribution is -0.384. The molecule has 1 aromatic rings. The van der Waals surface area contributed by atoms with E-state index in [1.165, 1.54) is 12.1 Å². The van der Waals surface area contributed by atoms with Gasteiger partial charge < -0.3 is 10.4 Å². The molecule has 1 rings (SSSR count). The molecule has 0 heterocycles. The van der Waals surface area contributed by atoms with Crippen molar-refractivity contribution in [1.29, 1.82) is 0 Å². The van der Waals surface area contributed by atoms with Crippen molar-refractivity contribution < 1.29 is 10.0 Å². The molecule has 2 N–H and O–H groups in total. The number of hydrogen-bond donors (Lipinski definition) is 2. The van der Waals surface area contributed by atoms with Gasteiger partial charge in [-0.15, -0.1) is 0 Å². The van der Waals surface area contributed by atoms with E-state index in [0.29, 0.717) is 11.0 Å². The number of aliphatic hydroxyl groups is 1. The zero-order valence-electron chi connectivity index (χ0n) is 11.5. The second kappa shape index (κ2) is 5.56. The molecular weight excluding hydrogens is 312 g/mol. The highest BCUT2D eigenvalue weighted by molar-refractivity contribution is 9.10. The molecule has 0 aliphatic rings. The lowest BCUT2D eigenvalue weighted by Gasteiger charge is -2.38. The van der Waals surface area contributed by atoms with Crippen molar-refractivity contribution in [1.82, 2.24) is 5.32 Å². The second-order valence-electron chi connectivity index (χ2n) is 5.57. The fourth-order valence-corrected chi connectivity index (χ4v) is 1.83. The van der Waals surface area contributed by atoms with Crippen LogP contribution in [-0.2, 0) is 6.54 Å². The van der Waals surface area contributed by atoms with Crippen LogP contribution in [0.3, 0.4) is 0 Å². The zero-order valence-corrected chi connectivity index (χ0v) is 13.1. The van der Waals surface area contributed by atoms with Gasteiger partial charge in [-0.25, -0.2) is 0 Å². The van der Waals surface area contributed by atoms with Gasteiger partial charge in [0.05, 0.1) is 10.5 Å². The summed E-state index contributed by atoms with van der Waals surface area (Å²) in [5.41, 5.74) is -0.394. The number of hydrogen-bond acceptors (Lipinski definition) is 4. The van der Waals surface area contributed by atoms with Gasteiger partial charge in [-0.05, 0) is 39.3 Å². The van der Waals surface area contributed by atoms with Crippen LogP contribution in [0, 0.1) is 10.1 Å². The van der Waals surface area contributed by atoms with Gasteiger partial charge in [0.1, 0.15) is 0 Å². The van der Waals surface area contributed by atoms with E-state index in [-0.39, 0.29) is 5.69 Å². The molecule has 0 aromatic heterocycles. The van der Waals surface area contributed by atoms with Crippen molar-refractivity contribution in [3.05, 3.63) is 38.3 Å². The minimum Gasteiger partial charge on any atom is -0.389 e. The Hall–Kier alpha value is -0.980. The van der Waals surface area contributed by atoms with Gasteiger partial charge in [0.15, 0.2) is 0 Å². The van der Waals surface area contributed by atoms with Gasteiger partial charge in [-0.2, -0.15) is 0 Å². The lowest BCUT2D eigenvalue weighted by atomic mass is 9.86. The molecule has 0 aliphatic carbocycles. The summed E-state index contributed by atoms with van der Waals surface area (Å²) in [6.07, 6.45) is 0. The number of non-ortho nitro benzene ring substituents is 1. The average molecular weight is 331 g/mol. The molecule has 0 bridgehead atoms. The Labute approximate surface area is 121 Å². The number of benzene rings is 1. The third-order valence-electron chi connectivity index (χ3n) is 3.50. The molecule has 0 aliphatic heterocycles. The second-order valence-corrected chi connectivity index (χ2v) is 6.42. The first kappa shape index (κ1) is 16.1. The Balaban J connectivity index is 2.82. The molecule has 0 saturated carbocycles. The lowest BCUT2D eigenvalue weighted by Crippen LogP contribution is -2.55. The number of nitrogens with one attached hydrogen (secondary N) is 1. The van der Waals surface area contributed by atoms with Gasteiger partial charge in [0, 0.05) is 28.7 Å². The first-order valence-electron chi connectivity index (χ1n) is 5.95. The Morgan fingerprint density at radius 1 is 1.37 bits per heavy atom. The van der Waals surface area contributed by atoms with Gasteiger partial charge in [0.2, 0.25) is 0 Å². The van der Waals surface area contributed by atoms with Crippen molar-refractivity contribution in [3.8, 4) is 0 Å². The van der Waals surface area contributed by atoms with Gasteiger partial charge in [0.25, 0.3) is 5.69 Å². The van der Waals surface area contributed by atoms with E-state index in [9.17, 15) is 15.2 Å². The molecule has 6 heteroatoms. The van der Waals surface area contributed by atoms with Crippen molar-refractivity contribution >= 4 is 21.6 Å². The van der Waals surface area contributed by atoms with E-state index in [1.54, 1.807) is 19.9 Å². The molecule has 0 atom stereocenters. The van der Waals surface area contributed by atoms with Crippen molar-refractivity contribution in [2.24, 2.45) is 0 Å². The van der Waals surface area contributed by atoms with Crippen LogP contribution < -0.4 is 5.32 Å². The molecule has 19 heavy (non-hydrogen) atoms. The highest BCUT2D eigenvalue weighted by Gasteiger charge is 2.34. The molecule has 0 saturated heterocycles. The van der Waals surface area contributed by atoms with Crippen molar-refractivity contribution in [3.63, 3.8) is 0 Å². The molecular formula is C13H19BrN2O3. The van der Waals surface area contributed by atoms with E-state index < -0.39 is 16.1 Å². The van der Waals surface area contributed by atoms with E-state index in [4.69, 9.17) is 0 Å². The van der Waals surface area contributed by atoms with Crippen LogP contribution in [-0.4, -0.2) is 21.2 Å². The summed E-state index contributed by atoms with van der Waals surface area (Å²) >= 11 is 3.33. The summed E-state index contributed by atoms with van der Waals surface area (Å²) < 4.78 is 0.681. The maximum Gasteiger partial charge on any atom is 0.270 e. The average Bonchev–Trinajstić information content (AvgIpc) is 2.25. The van der Waals surface area contributed by atoms with Crippen LogP contribution in [0.2, 0.25) is 0 Å². The standard InChI is InChI=1S/C13H19BrN2O3/c1-12(2,13(3,4)17)15-8-9-5-6-10(16(18)19)7-11(9)14/h5-7,15,17H,8H2,1-4H3. The molecule has 0 fully saturated rings. The topological polar surface area (TPSA) is 75.4 Å². The third kappa shape index (κ3) is 3.99. The van der Waals surface area contributed by atoms with E-state index >= 15 is 0 Å². The number of nitro groups is 1. The number of nitrogens with zero attached hydrogens (tertiary/aromatic N) is 1. The van der Waals surface area contributed by atoms with Crippen LogP contribution in [0.5, 0.6) is 0 Å². The highest BCUT2D eigenvalue weighted by Crippen LogP contribution is 2.25. The predicted octanol–water partition coefficient (Wildman–Crippen LogP) is 3.00. The van der Waals surface area contributed by atoms with E-state index in [2.05, 4.69) is 21.2 Å². The Kier molecular flexibility index (Phi) is 4.71. The monoisotopic (exact) mass is 330 g/mol. The Morgan fingerprint density at radius 3 is 2.37 bits per heavy atom. The fourth-order valence-electron chi connectivity index (χ4n) is 1.33. The normalized spacial score (nSPS) is 12.5. The third-order valence-corrected chi connectivity index (χ3v) is 4.24. The minimum atomic E-state index is -0.875. The Bertz CT molecular complexity index is 481. The largest absolute Gasteiger partial charge is 0.389 e. The maximum atomic E-state index is 10.6. The van der Waals surface area contributed by atoms with Gasteiger partial charge in [-0.3, -0.25) is 10.1 Å². The molecule has 1 aromatic carbocycles.